The fourth-order valence-corrected chi connectivity index (χ4v) is 19.1. The summed E-state index contributed by atoms with van der Waals surface area (Å²) in [5.74, 6) is 2.39. The molecule has 14 aromatic rings. The minimum atomic E-state index is -3.01. The Balaban J connectivity index is 0.974. The molecule has 0 unspecified atom stereocenters. The molecule has 1 aliphatic heterocycles. The summed E-state index contributed by atoms with van der Waals surface area (Å²) in [4.78, 5) is 7.47. The minimum absolute atomic E-state index is 0.0388. The molecule has 1 aliphatic rings. The first-order valence-corrected chi connectivity index (χ1v) is 33.7. The lowest BCUT2D eigenvalue weighted by atomic mass is 9.85. The standard InChI is InChI=1S/C84H74N4OSi/c1-82(2,3)57-42-44-70-74-39-25-41-77-81(74)87(55-86(77)60-26-23-27-61(53-60)89-62-43-45-72-71-36-21-22-40-76(71)88(78(72)54-62)79-52-58(46-47-85-79)83(4,5)6)80-67(37-24-38-73(80)68-34-19-20-35-69(68)75(70)51-57)56-48-59(84(7,8)9)50-66(49-56)90(63-28-13-10-14-29-63,64-30-15-11-16-31-64)65-32-17-12-18-33-65/h10-54H,55H2,1-9H3. The van der Waals surface area contributed by atoms with Crippen LogP contribution in [-0.4, -0.2) is 22.2 Å². The Kier molecular flexibility index (Phi) is 13.6. The van der Waals surface area contributed by atoms with E-state index in [9.17, 15) is 0 Å². The molecule has 5 nitrogen and oxygen atoms in total. The lowest BCUT2D eigenvalue weighted by molar-refractivity contribution is 0.483. The van der Waals surface area contributed by atoms with Gasteiger partial charge in [0, 0.05) is 51.1 Å². The zero-order valence-corrected chi connectivity index (χ0v) is 53.9. The molecule has 6 heteroatoms. The molecule has 0 aliphatic carbocycles. The van der Waals surface area contributed by atoms with Gasteiger partial charge in [-0.05, 0) is 135 Å². The summed E-state index contributed by atoms with van der Waals surface area (Å²) in [7, 11) is -3.01. The van der Waals surface area contributed by atoms with Crippen molar-refractivity contribution in [3.05, 3.63) is 290 Å². The number of anilines is 2. The number of ether oxygens (including phenoxy) is 1. The van der Waals surface area contributed by atoms with Crippen LogP contribution in [0, 0.1) is 0 Å². The Morgan fingerprint density at radius 3 is 1.57 bits per heavy atom. The van der Waals surface area contributed by atoms with Gasteiger partial charge in [-0.3, -0.25) is 4.57 Å². The van der Waals surface area contributed by atoms with Crippen molar-refractivity contribution in [3.8, 4) is 28.4 Å². The number of hydrogen-bond acceptors (Lipinski definition) is 3. The number of fused-ring (bicyclic) bond motifs is 10. The molecule has 4 heterocycles. The summed E-state index contributed by atoms with van der Waals surface area (Å²) in [6.07, 6.45) is 1.94. The number of benzene rings is 11. The molecule has 0 radical (unpaired) electrons. The van der Waals surface area contributed by atoms with Gasteiger partial charge in [0.25, 0.3) is 0 Å². The van der Waals surface area contributed by atoms with Crippen molar-refractivity contribution in [3.63, 3.8) is 0 Å². The van der Waals surface area contributed by atoms with Gasteiger partial charge in [0.1, 0.15) is 24.0 Å². The number of nitrogens with zero attached hydrogens (tertiary/aromatic N) is 4. The van der Waals surface area contributed by atoms with Crippen LogP contribution in [0.2, 0.25) is 0 Å². The second kappa shape index (κ2) is 21.6. The van der Waals surface area contributed by atoms with E-state index in [-0.39, 0.29) is 16.2 Å². The Hall–Kier alpha value is -10.0. The van der Waals surface area contributed by atoms with E-state index < -0.39 is 8.07 Å². The SMILES string of the molecule is CC(C)(C)c1cc(-c2cccc3c4ccccc4c4cc(C(C)(C)C)ccc4c4cccc5c4n(c23)CN5c2cccc(Oc3ccc4c5ccccc5n(-c5cc(C(C)(C)C)ccn5)c4c3)c2)cc([Si](c2ccccc2)(c2ccccc2)c2ccccc2)c1. The molecular weight excluding hydrogens is 1110 g/mol. The Morgan fingerprint density at radius 1 is 0.367 bits per heavy atom. The molecule has 11 aromatic carbocycles. The van der Waals surface area contributed by atoms with Crippen LogP contribution < -0.4 is 30.4 Å². The highest BCUT2D eigenvalue weighted by atomic mass is 28.3. The first-order valence-electron chi connectivity index (χ1n) is 31.7. The number of para-hydroxylation sites is 3. The molecule has 15 rings (SSSR count). The van der Waals surface area contributed by atoms with Gasteiger partial charge in [-0.2, -0.15) is 0 Å². The molecule has 0 fully saturated rings. The molecule has 0 saturated heterocycles. The zero-order valence-electron chi connectivity index (χ0n) is 52.9. The molecule has 440 valence electrons. The summed E-state index contributed by atoms with van der Waals surface area (Å²) in [5.41, 5.74) is 12.6. The third-order valence-corrected chi connectivity index (χ3v) is 23.6. The Bertz CT molecular complexity index is 5100. The van der Waals surface area contributed by atoms with Gasteiger partial charge < -0.3 is 14.2 Å². The second-order valence-electron chi connectivity index (χ2n) is 27.6. The second-order valence-corrected chi connectivity index (χ2v) is 31.4. The number of pyridine rings is 1. The van der Waals surface area contributed by atoms with Gasteiger partial charge in [-0.1, -0.05) is 263 Å². The van der Waals surface area contributed by atoms with Crippen LogP contribution in [0.15, 0.2) is 273 Å². The van der Waals surface area contributed by atoms with Gasteiger partial charge in [0.15, 0.2) is 8.07 Å². The van der Waals surface area contributed by atoms with Crippen LogP contribution >= 0.6 is 0 Å². The third-order valence-electron chi connectivity index (χ3n) is 18.9. The lowest BCUT2D eigenvalue weighted by Crippen LogP contribution is -2.74. The van der Waals surface area contributed by atoms with Crippen molar-refractivity contribution >= 4 is 105 Å². The van der Waals surface area contributed by atoms with Crippen LogP contribution in [-0.2, 0) is 22.9 Å². The van der Waals surface area contributed by atoms with Gasteiger partial charge in [-0.15, -0.1) is 0 Å². The predicted octanol–water partition coefficient (Wildman–Crippen LogP) is 19.6. The first kappa shape index (κ1) is 56.5. The normalized spacial score (nSPS) is 12.9. The smallest absolute Gasteiger partial charge is 0.179 e. The van der Waals surface area contributed by atoms with E-state index in [0.29, 0.717) is 6.67 Å². The topological polar surface area (TPSA) is 35.2 Å². The van der Waals surface area contributed by atoms with Gasteiger partial charge in [-0.25, -0.2) is 4.98 Å². The number of rotatable bonds is 9. The highest BCUT2D eigenvalue weighted by Gasteiger charge is 2.42. The van der Waals surface area contributed by atoms with E-state index >= 15 is 0 Å². The van der Waals surface area contributed by atoms with Crippen LogP contribution in [0.3, 0.4) is 0 Å². The molecule has 0 spiro atoms. The van der Waals surface area contributed by atoms with Crippen molar-refractivity contribution in [1.29, 1.82) is 0 Å². The Labute approximate surface area is 529 Å². The van der Waals surface area contributed by atoms with E-state index in [0.717, 1.165) is 45.1 Å². The lowest BCUT2D eigenvalue weighted by Gasteiger charge is -2.36. The van der Waals surface area contributed by atoms with Gasteiger partial charge in [0.05, 0.1) is 27.8 Å². The number of hydrogen-bond donors (Lipinski definition) is 0. The summed E-state index contributed by atoms with van der Waals surface area (Å²) < 4.78 is 12.0. The minimum Gasteiger partial charge on any atom is -0.457 e. The summed E-state index contributed by atoms with van der Waals surface area (Å²) in [6.45, 7) is 21.4. The highest BCUT2D eigenvalue weighted by Crippen LogP contribution is 2.46. The maximum absolute atomic E-state index is 7.04. The maximum atomic E-state index is 7.04. The zero-order chi connectivity index (χ0) is 61.7. The third kappa shape index (κ3) is 9.55. The van der Waals surface area contributed by atoms with Gasteiger partial charge >= 0.3 is 0 Å². The predicted molar refractivity (Wildman–Crippen MR) is 384 cm³/mol. The molecule has 90 heavy (non-hydrogen) atoms. The van der Waals surface area contributed by atoms with Crippen LogP contribution in [0.5, 0.6) is 11.5 Å². The highest BCUT2D eigenvalue weighted by molar-refractivity contribution is 7.20. The summed E-state index contributed by atoms with van der Waals surface area (Å²) in [5, 5.41) is 15.0. The average molecular weight is 1180 g/mol. The van der Waals surface area contributed by atoms with Crippen LogP contribution in [0.4, 0.5) is 11.4 Å². The molecule has 0 N–H and O–H groups in total. The average Bonchev–Trinajstić information content (AvgIpc) is 1.42. The quantitative estimate of drug-likeness (QED) is 0.107. The summed E-state index contributed by atoms with van der Waals surface area (Å²) in [6, 6.07) is 100. The molecule has 0 atom stereocenters. The van der Waals surface area contributed by atoms with E-state index in [1.54, 1.807) is 0 Å². The fourth-order valence-electron chi connectivity index (χ4n) is 14.3. The fraction of sp³-hybridized carbons (Fsp3) is 0.155. The van der Waals surface area contributed by atoms with Crippen LogP contribution in [0.25, 0.3) is 82.1 Å². The van der Waals surface area contributed by atoms with Crippen molar-refractivity contribution in [2.24, 2.45) is 0 Å². The van der Waals surface area contributed by atoms with Crippen molar-refractivity contribution in [1.82, 2.24) is 14.1 Å². The molecule has 0 bridgehead atoms. The molecular formula is C84H74N4OSi. The van der Waals surface area contributed by atoms with Crippen molar-refractivity contribution in [2.75, 3.05) is 4.90 Å². The number of aromatic nitrogens is 3. The maximum Gasteiger partial charge on any atom is 0.179 e. The van der Waals surface area contributed by atoms with Gasteiger partial charge in [0.2, 0.25) is 0 Å². The van der Waals surface area contributed by atoms with E-state index in [2.05, 4.69) is 343 Å². The largest absolute Gasteiger partial charge is 0.457 e. The van der Waals surface area contributed by atoms with Crippen LogP contribution in [0.1, 0.15) is 79.0 Å². The van der Waals surface area contributed by atoms with E-state index in [1.807, 2.05) is 6.20 Å². The van der Waals surface area contributed by atoms with E-state index in [1.165, 1.54) is 97.3 Å². The van der Waals surface area contributed by atoms with Crippen molar-refractivity contribution < 1.29 is 4.74 Å². The molecule has 0 saturated carbocycles. The summed E-state index contributed by atoms with van der Waals surface area (Å²) >= 11 is 0. The van der Waals surface area contributed by atoms with Crippen molar-refractivity contribution in [2.45, 2.75) is 85.2 Å². The van der Waals surface area contributed by atoms with E-state index in [4.69, 9.17) is 9.72 Å². The molecule has 0 amide bonds. The first-order chi connectivity index (χ1) is 43.5. The molecule has 3 aromatic heterocycles. The Morgan fingerprint density at radius 2 is 0.900 bits per heavy atom. The monoisotopic (exact) mass is 1180 g/mol.